The lowest BCUT2D eigenvalue weighted by atomic mass is 10.1. The summed E-state index contributed by atoms with van der Waals surface area (Å²) in [4.78, 5) is 22.7. The molecule has 0 bridgehead atoms. The fourth-order valence-electron chi connectivity index (χ4n) is 5.31. The van der Waals surface area contributed by atoms with E-state index in [0.29, 0.717) is 24.1 Å². The highest BCUT2D eigenvalue weighted by Crippen LogP contribution is 2.43. The van der Waals surface area contributed by atoms with Gasteiger partial charge in [0.1, 0.15) is 19.3 Å². The number of esters is 1. The number of hydrogen-bond donors (Lipinski definition) is 1. The molecule has 49 heavy (non-hydrogen) atoms. The highest BCUT2D eigenvalue weighted by atomic mass is 31.2. The van der Waals surface area contributed by atoms with E-state index in [1.54, 1.807) is 0 Å². The molecule has 8 nitrogen and oxygen atoms in total. The molecule has 0 saturated carbocycles. The normalized spacial score (nSPS) is 14.2. The van der Waals surface area contributed by atoms with Crippen LogP contribution >= 0.6 is 7.82 Å². The molecule has 0 radical (unpaired) electrons. The molecular weight excluding hydrogens is 637 g/mol. The molecule has 1 N–H and O–H groups in total. The van der Waals surface area contributed by atoms with Gasteiger partial charge >= 0.3 is 13.8 Å². The summed E-state index contributed by atoms with van der Waals surface area (Å²) in [5.41, 5.74) is 0. The third kappa shape index (κ3) is 38.1. The van der Waals surface area contributed by atoms with Crippen molar-refractivity contribution < 1.29 is 37.3 Å². The van der Waals surface area contributed by atoms with Crippen LogP contribution in [0.5, 0.6) is 0 Å². The van der Waals surface area contributed by atoms with Gasteiger partial charge in [-0.15, -0.1) is 0 Å². The Morgan fingerprint density at radius 1 is 0.612 bits per heavy atom. The maximum atomic E-state index is 12.6. The minimum Gasteiger partial charge on any atom is -0.457 e. The zero-order chi connectivity index (χ0) is 36.3. The molecule has 9 heteroatoms. The number of carbonyl (C=O) groups excluding carboxylic acids is 1. The molecule has 2 atom stereocenters. The Morgan fingerprint density at radius 2 is 1.10 bits per heavy atom. The quantitative estimate of drug-likeness (QED) is 0.0225. The molecule has 0 aliphatic heterocycles. The number of rotatable bonds is 37. The molecule has 0 aromatic heterocycles. The SMILES string of the molecule is CCC/C=C\CCCCCCCC(=O)OC(COCCCCCCCC/C=C\CCCCCCCCC)COP(=O)(O)OCC[N+](C)(C)C. The minimum atomic E-state index is -4.27. The van der Waals surface area contributed by atoms with Gasteiger partial charge in [-0.25, -0.2) is 4.57 Å². The van der Waals surface area contributed by atoms with Gasteiger partial charge in [0, 0.05) is 13.0 Å². The average molecular weight is 717 g/mol. The van der Waals surface area contributed by atoms with Crippen molar-refractivity contribution in [1.29, 1.82) is 0 Å². The lowest BCUT2D eigenvalue weighted by molar-refractivity contribution is -0.870. The fourth-order valence-corrected chi connectivity index (χ4v) is 6.05. The standard InChI is InChI=1S/C40H78NO7P/c1-6-8-10-12-14-16-18-19-20-21-22-23-24-26-28-30-32-35-45-37-39(38-47-49(43,44)46-36-34-41(3,4)5)48-40(42)33-31-29-27-25-17-15-13-11-9-7-2/h11,13,20-21,39H,6-10,12,14-19,22-38H2,1-5H3/p+1/b13-11-,21-20-. The summed E-state index contributed by atoms with van der Waals surface area (Å²) in [5, 5.41) is 0. The van der Waals surface area contributed by atoms with Crippen LogP contribution < -0.4 is 0 Å². The second-order valence-corrected chi connectivity index (χ2v) is 16.1. The van der Waals surface area contributed by atoms with Crippen LogP contribution in [0.25, 0.3) is 0 Å². The molecule has 0 fully saturated rings. The third-order valence-corrected chi connectivity index (χ3v) is 9.45. The van der Waals surface area contributed by atoms with Crippen LogP contribution in [0.15, 0.2) is 24.3 Å². The van der Waals surface area contributed by atoms with E-state index in [9.17, 15) is 14.3 Å². The molecule has 0 aliphatic carbocycles. The first-order chi connectivity index (χ1) is 23.6. The Kier molecular flexibility index (Phi) is 33.4. The summed E-state index contributed by atoms with van der Waals surface area (Å²) >= 11 is 0. The minimum absolute atomic E-state index is 0.0866. The maximum absolute atomic E-state index is 12.6. The van der Waals surface area contributed by atoms with E-state index in [1.165, 1.54) is 96.3 Å². The average Bonchev–Trinajstić information content (AvgIpc) is 3.04. The molecule has 0 heterocycles. The summed E-state index contributed by atoms with van der Waals surface area (Å²) in [6.07, 6.45) is 36.4. The van der Waals surface area contributed by atoms with Gasteiger partial charge in [-0.3, -0.25) is 13.8 Å². The van der Waals surface area contributed by atoms with E-state index in [0.717, 1.165) is 51.4 Å². The Hall–Kier alpha value is -1.02. The Balaban J connectivity index is 4.24. The lowest BCUT2D eigenvalue weighted by Crippen LogP contribution is -2.37. The van der Waals surface area contributed by atoms with Crippen LogP contribution in [0.4, 0.5) is 0 Å². The summed E-state index contributed by atoms with van der Waals surface area (Å²) in [6, 6.07) is 0. The fraction of sp³-hybridized carbons (Fsp3) is 0.875. The Labute approximate surface area is 303 Å². The monoisotopic (exact) mass is 717 g/mol. The number of phosphoric acid groups is 1. The van der Waals surface area contributed by atoms with Crippen LogP contribution in [0.1, 0.15) is 168 Å². The summed E-state index contributed by atoms with van der Waals surface area (Å²) in [6.45, 7) is 5.53. The summed E-state index contributed by atoms with van der Waals surface area (Å²) in [7, 11) is 1.66. The smallest absolute Gasteiger partial charge is 0.457 e. The van der Waals surface area contributed by atoms with Gasteiger partial charge in [0.2, 0.25) is 0 Å². The van der Waals surface area contributed by atoms with Gasteiger partial charge in [-0.1, -0.05) is 128 Å². The lowest BCUT2D eigenvalue weighted by Gasteiger charge is -2.24. The van der Waals surface area contributed by atoms with Crippen LogP contribution in [-0.2, 0) is 27.9 Å². The van der Waals surface area contributed by atoms with Gasteiger partial charge in [-0.05, 0) is 57.8 Å². The van der Waals surface area contributed by atoms with Gasteiger partial charge < -0.3 is 18.9 Å². The van der Waals surface area contributed by atoms with E-state index < -0.39 is 13.9 Å². The van der Waals surface area contributed by atoms with E-state index in [1.807, 2.05) is 21.1 Å². The molecule has 0 aromatic rings. The summed E-state index contributed by atoms with van der Waals surface area (Å²) < 4.78 is 34.8. The molecule has 0 spiro atoms. The predicted molar refractivity (Wildman–Crippen MR) is 206 cm³/mol. The van der Waals surface area contributed by atoms with Crippen molar-refractivity contribution in [1.82, 2.24) is 0 Å². The van der Waals surface area contributed by atoms with E-state index in [4.69, 9.17) is 18.5 Å². The van der Waals surface area contributed by atoms with Crippen molar-refractivity contribution in [3.05, 3.63) is 24.3 Å². The van der Waals surface area contributed by atoms with E-state index >= 15 is 0 Å². The number of likely N-dealkylation sites (N-methyl/N-ethyl adjacent to an activating group) is 1. The highest BCUT2D eigenvalue weighted by molar-refractivity contribution is 7.47. The third-order valence-electron chi connectivity index (χ3n) is 8.47. The number of quaternary nitrogens is 1. The zero-order valence-electron chi connectivity index (χ0n) is 32.7. The molecule has 0 rings (SSSR count). The number of carbonyl (C=O) groups is 1. The Morgan fingerprint density at radius 3 is 1.63 bits per heavy atom. The van der Waals surface area contributed by atoms with E-state index in [-0.39, 0.29) is 25.8 Å². The number of phosphoric ester groups is 1. The van der Waals surface area contributed by atoms with Crippen molar-refractivity contribution in [3.63, 3.8) is 0 Å². The van der Waals surface area contributed by atoms with Gasteiger partial charge in [0.15, 0.2) is 0 Å². The predicted octanol–water partition coefficient (Wildman–Crippen LogP) is 11.3. The molecule has 0 amide bonds. The van der Waals surface area contributed by atoms with Crippen molar-refractivity contribution >= 4 is 13.8 Å². The number of unbranched alkanes of at least 4 members (excludes halogenated alkanes) is 19. The number of allylic oxidation sites excluding steroid dienone is 4. The second kappa shape index (κ2) is 34.1. The molecule has 0 aromatic carbocycles. The first-order valence-corrected chi connectivity index (χ1v) is 21.6. The van der Waals surface area contributed by atoms with Crippen molar-refractivity contribution in [2.24, 2.45) is 0 Å². The first kappa shape index (κ1) is 48.0. The largest absolute Gasteiger partial charge is 0.472 e. The van der Waals surface area contributed by atoms with Crippen molar-refractivity contribution in [3.8, 4) is 0 Å². The molecule has 0 saturated heterocycles. The van der Waals surface area contributed by atoms with Crippen molar-refractivity contribution in [2.45, 2.75) is 174 Å². The topological polar surface area (TPSA) is 91.3 Å². The molecule has 2 unspecified atom stereocenters. The van der Waals surface area contributed by atoms with E-state index in [2.05, 4.69) is 38.2 Å². The van der Waals surface area contributed by atoms with Gasteiger partial charge in [-0.2, -0.15) is 0 Å². The summed E-state index contributed by atoms with van der Waals surface area (Å²) in [5.74, 6) is -0.328. The molecular formula is C40H79NO7P+. The van der Waals surface area contributed by atoms with Crippen LogP contribution in [0.3, 0.4) is 0 Å². The zero-order valence-corrected chi connectivity index (χ0v) is 33.6. The molecule has 290 valence electrons. The van der Waals surface area contributed by atoms with Crippen molar-refractivity contribution in [2.75, 3.05) is 54.1 Å². The number of nitrogens with zero attached hydrogens (tertiary/aromatic N) is 1. The second-order valence-electron chi connectivity index (χ2n) is 14.7. The highest BCUT2D eigenvalue weighted by Gasteiger charge is 2.26. The first-order valence-electron chi connectivity index (χ1n) is 20.1. The number of ether oxygens (including phenoxy) is 2. The van der Waals surface area contributed by atoms with Crippen LogP contribution in [0.2, 0.25) is 0 Å². The number of hydrogen-bond acceptors (Lipinski definition) is 6. The van der Waals surface area contributed by atoms with Gasteiger partial charge in [0.25, 0.3) is 0 Å². The maximum Gasteiger partial charge on any atom is 0.472 e. The van der Waals surface area contributed by atoms with Crippen LogP contribution in [-0.4, -0.2) is 75.6 Å². The Bertz CT molecular complexity index is 843. The van der Waals surface area contributed by atoms with Gasteiger partial charge in [0.05, 0.1) is 34.4 Å². The molecule has 0 aliphatic rings. The van der Waals surface area contributed by atoms with Crippen LogP contribution in [0, 0.1) is 0 Å².